The molecule has 2 amide bonds. The first kappa shape index (κ1) is 27.0. The Labute approximate surface area is 224 Å². The Morgan fingerprint density at radius 1 is 0.895 bits per heavy atom. The Bertz CT molecular complexity index is 1270. The molecular weight excluding hydrogens is 480 g/mol. The van der Waals surface area contributed by atoms with Crippen LogP contribution in [0.4, 0.5) is 5.69 Å². The lowest BCUT2D eigenvalue weighted by Crippen LogP contribution is -2.33. The van der Waals surface area contributed by atoms with Gasteiger partial charge >= 0.3 is 0 Å². The van der Waals surface area contributed by atoms with E-state index < -0.39 is 6.10 Å². The third kappa shape index (κ3) is 6.65. The van der Waals surface area contributed by atoms with E-state index in [0.29, 0.717) is 47.9 Å². The van der Waals surface area contributed by atoms with Gasteiger partial charge in [0.15, 0.2) is 17.6 Å². The van der Waals surface area contributed by atoms with E-state index >= 15 is 0 Å². The van der Waals surface area contributed by atoms with Gasteiger partial charge in [-0.3, -0.25) is 9.59 Å². The lowest BCUT2D eigenvalue weighted by molar-refractivity contribution is -0.122. The van der Waals surface area contributed by atoms with Gasteiger partial charge in [0.05, 0.1) is 25.5 Å². The molecule has 0 spiro atoms. The van der Waals surface area contributed by atoms with Crippen molar-refractivity contribution in [1.29, 1.82) is 0 Å². The van der Waals surface area contributed by atoms with Crippen LogP contribution >= 0.6 is 0 Å². The molecule has 200 valence electrons. The smallest absolute Gasteiger partial charge is 0.265 e. The number of anilines is 1. The molecule has 0 saturated heterocycles. The SMILES string of the molecule is CCC(Oc1ccc2c(c1)CCCC2)C(=O)Nc1ccccc1C(=O)NCCc1ccc(OC)c(OC)c1. The van der Waals surface area contributed by atoms with Crippen molar-refractivity contribution in [3.05, 3.63) is 82.9 Å². The highest BCUT2D eigenvalue weighted by molar-refractivity contribution is 6.04. The highest BCUT2D eigenvalue weighted by Crippen LogP contribution is 2.28. The zero-order valence-electron chi connectivity index (χ0n) is 22.3. The minimum absolute atomic E-state index is 0.259. The molecule has 3 aromatic carbocycles. The van der Waals surface area contributed by atoms with Gasteiger partial charge in [-0.25, -0.2) is 0 Å². The van der Waals surface area contributed by atoms with E-state index in [2.05, 4.69) is 22.8 Å². The number of hydrogen-bond acceptors (Lipinski definition) is 5. The molecule has 0 radical (unpaired) electrons. The first-order valence-electron chi connectivity index (χ1n) is 13.2. The van der Waals surface area contributed by atoms with Crippen molar-refractivity contribution in [2.75, 3.05) is 26.1 Å². The first-order chi connectivity index (χ1) is 18.5. The van der Waals surface area contributed by atoms with Gasteiger partial charge < -0.3 is 24.8 Å². The lowest BCUT2D eigenvalue weighted by atomic mass is 9.92. The molecule has 0 heterocycles. The van der Waals surface area contributed by atoms with Gasteiger partial charge in [-0.1, -0.05) is 31.2 Å². The number of fused-ring (bicyclic) bond motifs is 1. The van der Waals surface area contributed by atoms with Gasteiger partial charge in [0.1, 0.15) is 5.75 Å². The summed E-state index contributed by atoms with van der Waals surface area (Å²) in [5.41, 5.74) is 4.53. The largest absolute Gasteiger partial charge is 0.493 e. The Morgan fingerprint density at radius 3 is 2.42 bits per heavy atom. The maximum absolute atomic E-state index is 13.1. The molecule has 0 bridgehead atoms. The van der Waals surface area contributed by atoms with Crippen molar-refractivity contribution >= 4 is 17.5 Å². The van der Waals surface area contributed by atoms with Crippen LogP contribution in [0.15, 0.2) is 60.7 Å². The second-order valence-electron chi connectivity index (χ2n) is 9.38. The number of aryl methyl sites for hydroxylation is 2. The zero-order chi connectivity index (χ0) is 26.9. The molecule has 0 aliphatic heterocycles. The Hall–Kier alpha value is -4.00. The molecule has 7 nitrogen and oxygen atoms in total. The van der Waals surface area contributed by atoms with Crippen LogP contribution in [0.3, 0.4) is 0 Å². The molecule has 1 aliphatic carbocycles. The van der Waals surface area contributed by atoms with Gasteiger partial charge in [0.25, 0.3) is 11.8 Å². The van der Waals surface area contributed by atoms with Crippen LogP contribution in [0.1, 0.15) is 53.2 Å². The molecule has 3 aromatic rings. The number of carbonyl (C=O) groups is 2. The van der Waals surface area contributed by atoms with E-state index in [-0.39, 0.29) is 11.8 Å². The van der Waals surface area contributed by atoms with Crippen LogP contribution in [0.25, 0.3) is 0 Å². The minimum Gasteiger partial charge on any atom is -0.493 e. The fourth-order valence-corrected chi connectivity index (χ4v) is 4.72. The second kappa shape index (κ2) is 13.0. The number of methoxy groups -OCH3 is 2. The summed E-state index contributed by atoms with van der Waals surface area (Å²) in [4.78, 5) is 26.1. The topological polar surface area (TPSA) is 85.9 Å². The summed E-state index contributed by atoms with van der Waals surface area (Å²) < 4.78 is 16.7. The first-order valence-corrected chi connectivity index (χ1v) is 13.2. The molecule has 1 aliphatic rings. The predicted molar refractivity (Wildman–Crippen MR) is 148 cm³/mol. The zero-order valence-corrected chi connectivity index (χ0v) is 22.3. The average Bonchev–Trinajstić information content (AvgIpc) is 2.95. The maximum Gasteiger partial charge on any atom is 0.265 e. The molecule has 2 N–H and O–H groups in total. The number of ether oxygens (including phenoxy) is 3. The van der Waals surface area contributed by atoms with Gasteiger partial charge in [-0.05, 0) is 91.6 Å². The van der Waals surface area contributed by atoms with E-state index in [0.717, 1.165) is 18.4 Å². The standard InChI is InChI=1S/C31H36N2O5/c1-4-27(38-24-15-14-22-9-5-6-10-23(22)20-24)31(35)33-26-12-8-7-11-25(26)30(34)32-18-17-21-13-16-28(36-2)29(19-21)37-3/h7-8,11-16,19-20,27H,4-6,9-10,17-18H2,1-3H3,(H,32,34)(H,33,35). The van der Waals surface area contributed by atoms with E-state index in [1.54, 1.807) is 38.5 Å². The Balaban J connectivity index is 1.37. The van der Waals surface area contributed by atoms with Crippen molar-refractivity contribution < 1.29 is 23.8 Å². The molecule has 1 atom stereocenters. The van der Waals surface area contributed by atoms with E-state index in [1.165, 1.54) is 24.0 Å². The summed E-state index contributed by atoms with van der Waals surface area (Å²) in [5.74, 6) is 1.47. The van der Waals surface area contributed by atoms with Gasteiger partial charge in [-0.2, -0.15) is 0 Å². The molecule has 0 saturated carbocycles. The van der Waals surface area contributed by atoms with Gasteiger partial charge in [-0.15, -0.1) is 0 Å². The number of para-hydroxylation sites is 1. The van der Waals surface area contributed by atoms with Gasteiger partial charge in [0, 0.05) is 6.54 Å². The summed E-state index contributed by atoms with van der Waals surface area (Å²) in [6, 6.07) is 18.8. The Kier molecular flexibility index (Phi) is 9.25. The molecule has 38 heavy (non-hydrogen) atoms. The highest BCUT2D eigenvalue weighted by atomic mass is 16.5. The van der Waals surface area contributed by atoms with E-state index in [1.807, 2.05) is 31.2 Å². The van der Waals surface area contributed by atoms with Crippen molar-refractivity contribution in [2.45, 2.75) is 51.6 Å². The maximum atomic E-state index is 13.1. The van der Waals surface area contributed by atoms with Crippen LogP contribution in [-0.2, 0) is 24.1 Å². The number of benzene rings is 3. The minimum atomic E-state index is -0.669. The van der Waals surface area contributed by atoms with E-state index in [9.17, 15) is 9.59 Å². The van der Waals surface area contributed by atoms with Gasteiger partial charge in [0.2, 0.25) is 0 Å². The normalized spacial score (nSPS) is 13.1. The van der Waals surface area contributed by atoms with E-state index in [4.69, 9.17) is 14.2 Å². The number of nitrogens with one attached hydrogen (secondary N) is 2. The molecule has 7 heteroatoms. The van der Waals surface area contributed by atoms with Crippen LogP contribution in [-0.4, -0.2) is 38.7 Å². The van der Waals surface area contributed by atoms with Crippen molar-refractivity contribution in [3.8, 4) is 17.2 Å². The summed E-state index contributed by atoms with van der Waals surface area (Å²) >= 11 is 0. The number of rotatable bonds is 11. The third-order valence-corrected chi connectivity index (χ3v) is 6.84. The van der Waals surface area contributed by atoms with Crippen LogP contribution in [0.5, 0.6) is 17.2 Å². The van der Waals surface area contributed by atoms with Crippen LogP contribution < -0.4 is 24.8 Å². The molecule has 0 fully saturated rings. The number of hydrogen-bond donors (Lipinski definition) is 2. The lowest BCUT2D eigenvalue weighted by Gasteiger charge is -2.21. The average molecular weight is 517 g/mol. The molecule has 4 rings (SSSR count). The molecule has 1 unspecified atom stereocenters. The van der Waals surface area contributed by atoms with Crippen molar-refractivity contribution in [3.63, 3.8) is 0 Å². The number of carbonyl (C=O) groups excluding carboxylic acids is 2. The highest BCUT2D eigenvalue weighted by Gasteiger charge is 2.22. The molecular formula is C31H36N2O5. The summed E-state index contributed by atoms with van der Waals surface area (Å²) in [5, 5.41) is 5.85. The fraction of sp³-hybridized carbons (Fsp3) is 0.355. The fourth-order valence-electron chi connectivity index (χ4n) is 4.72. The Morgan fingerprint density at radius 2 is 1.66 bits per heavy atom. The molecule has 0 aromatic heterocycles. The predicted octanol–water partition coefficient (Wildman–Crippen LogP) is 5.35. The second-order valence-corrected chi connectivity index (χ2v) is 9.38. The van der Waals surface area contributed by atoms with Crippen LogP contribution in [0, 0.1) is 0 Å². The van der Waals surface area contributed by atoms with Crippen molar-refractivity contribution in [1.82, 2.24) is 5.32 Å². The van der Waals surface area contributed by atoms with Crippen LogP contribution in [0.2, 0.25) is 0 Å². The summed E-state index contributed by atoms with van der Waals surface area (Å²) in [6.45, 7) is 2.34. The monoisotopic (exact) mass is 516 g/mol. The third-order valence-electron chi connectivity index (χ3n) is 6.84. The summed E-state index contributed by atoms with van der Waals surface area (Å²) in [7, 11) is 3.19. The number of amides is 2. The summed E-state index contributed by atoms with van der Waals surface area (Å²) in [6.07, 6.45) is 5.00. The quantitative estimate of drug-likeness (QED) is 0.359. The van der Waals surface area contributed by atoms with Crippen molar-refractivity contribution in [2.24, 2.45) is 0 Å².